The van der Waals surface area contributed by atoms with Crippen molar-refractivity contribution < 1.29 is 21.6 Å². The molecule has 0 saturated carbocycles. The van der Waals surface area contributed by atoms with E-state index in [9.17, 15) is 13.0 Å². The number of hydrogen-bond donors (Lipinski definition) is 0. The van der Waals surface area contributed by atoms with Gasteiger partial charge >= 0.3 is 0 Å². The monoisotopic (exact) mass is 325 g/mol. The summed E-state index contributed by atoms with van der Waals surface area (Å²) < 4.78 is 34.0. The minimum absolute atomic E-state index is 0.0220. The largest absolute Gasteiger partial charge is 0.726 e. The van der Waals surface area contributed by atoms with E-state index in [-0.39, 0.29) is 6.61 Å². The zero-order valence-corrected chi connectivity index (χ0v) is 15.4. The Hall–Kier alpha value is -0.170. The third-order valence-electron chi connectivity index (χ3n) is 3.22. The van der Waals surface area contributed by atoms with Crippen LogP contribution >= 0.6 is 0 Å². The van der Waals surface area contributed by atoms with Crippen LogP contribution in [0.1, 0.15) is 66.7 Å². The van der Waals surface area contributed by atoms with E-state index in [0.29, 0.717) is 6.42 Å². The number of nitrogens with zero attached hydrogens (tertiary/aromatic N) is 1. The Morgan fingerprint density at radius 3 is 1.24 bits per heavy atom. The zero-order valence-electron chi connectivity index (χ0n) is 14.6. The van der Waals surface area contributed by atoms with Crippen molar-refractivity contribution >= 4 is 10.4 Å². The minimum Gasteiger partial charge on any atom is -0.726 e. The highest BCUT2D eigenvalue weighted by atomic mass is 32.3. The van der Waals surface area contributed by atoms with Crippen molar-refractivity contribution in [2.75, 3.05) is 32.8 Å². The molecule has 130 valence electrons. The molecule has 0 spiro atoms. The summed E-state index contributed by atoms with van der Waals surface area (Å²) in [7, 11) is -4.44. The number of rotatable bonds is 11. The predicted octanol–water partition coefficient (Wildman–Crippen LogP) is 3.32. The van der Waals surface area contributed by atoms with Crippen molar-refractivity contribution in [1.29, 1.82) is 0 Å². The molecular formula is C15H35NO4S. The topological polar surface area (TPSA) is 66.4 Å². The number of quaternary nitrogens is 1. The molecule has 0 N–H and O–H groups in total. The predicted molar refractivity (Wildman–Crippen MR) is 86.8 cm³/mol. The Labute approximate surface area is 132 Å². The fourth-order valence-electron chi connectivity index (χ4n) is 2.75. The molecule has 0 aromatic heterocycles. The third kappa shape index (κ3) is 14.5. The lowest BCUT2D eigenvalue weighted by atomic mass is 10.2. The molecule has 0 heterocycles. The van der Waals surface area contributed by atoms with Gasteiger partial charge in [0.1, 0.15) is 0 Å². The van der Waals surface area contributed by atoms with Crippen LogP contribution in [-0.2, 0) is 14.6 Å². The maximum atomic E-state index is 9.61. The van der Waals surface area contributed by atoms with E-state index < -0.39 is 10.4 Å². The van der Waals surface area contributed by atoms with Crippen LogP contribution in [-0.4, -0.2) is 50.2 Å². The van der Waals surface area contributed by atoms with Gasteiger partial charge in [-0.25, -0.2) is 8.42 Å². The van der Waals surface area contributed by atoms with Gasteiger partial charge in [0.2, 0.25) is 10.4 Å². The summed E-state index contributed by atoms with van der Waals surface area (Å²) in [5, 5.41) is 0. The van der Waals surface area contributed by atoms with Crippen molar-refractivity contribution in [3.8, 4) is 0 Å². The quantitative estimate of drug-likeness (QED) is 0.332. The molecule has 0 fully saturated rings. The van der Waals surface area contributed by atoms with Crippen molar-refractivity contribution in [3.05, 3.63) is 0 Å². The summed E-state index contributed by atoms with van der Waals surface area (Å²) in [5.41, 5.74) is 0. The van der Waals surface area contributed by atoms with Crippen LogP contribution in [0, 0.1) is 0 Å². The van der Waals surface area contributed by atoms with E-state index in [1.165, 1.54) is 56.3 Å². The molecule has 0 unspecified atom stereocenters. The molecule has 0 amide bonds. The first-order chi connectivity index (χ1) is 9.80. The SMILES string of the molecule is CCCOS(=O)(=O)[O-].CCC[N+](CCC)(CCC)CCC. The van der Waals surface area contributed by atoms with Gasteiger partial charge in [-0.2, -0.15) is 0 Å². The molecule has 0 aromatic carbocycles. The molecule has 21 heavy (non-hydrogen) atoms. The van der Waals surface area contributed by atoms with Crippen LogP contribution in [0.15, 0.2) is 0 Å². The molecule has 0 aliphatic heterocycles. The van der Waals surface area contributed by atoms with E-state index in [1.807, 2.05) is 0 Å². The van der Waals surface area contributed by atoms with Crippen molar-refractivity contribution in [2.24, 2.45) is 0 Å². The molecule has 0 aliphatic carbocycles. The van der Waals surface area contributed by atoms with E-state index in [0.717, 1.165) is 0 Å². The molecule has 5 nitrogen and oxygen atoms in total. The molecule has 0 aromatic rings. The van der Waals surface area contributed by atoms with Gasteiger partial charge in [0.05, 0.1) is 32.8 Å². The summed E-state index contributed by atoms with van der Waals surface area (Å²) >= 11 is 0. The normalized spacial score (nSPS) is 11.9. The van der Waals surface area contributed by atoms with Crippen molar-refractivity contribution in [1.82, 2.24) is 0 Å². The van der Waals surface area contributed by atoms with Crippen molar-refractivity contribution in [3.63, 3.8) is 0 Å². The Morgan fingerprint density at radius 1 is 0.762 bits per heavy atom. The molecule has 0 radical (unpaired) electrons. The molecule has 0 saturated heterocycles. The van der Waals surface area contributed by atoms with E-state index in [2.05, 4.69) is 31.9 Å². The number of hydrogen-bond acceptors (Lipinski definition) is 4. The Kier molecular flexibility index (Phi) is 14.8. The first-order valence-corrected chi connectivity index (χ1v) is 9.59. The van der Waals surface area contributed by atoms with Gasteiger partial charge in [0.15, 0.2) is 0 Å². The first-order valence-electron chi connectivity index (χ1n) is 8.26. The maximum Gasteiger partial charge on any atom is 0.217 e. The van der Waals surface area contributed by atoms with Gasteiger partial charge in [0, 0.05) is 0 Å². The molecule has 0 aliphatic rings. The van der Waals surface area contributed by atoms with Gasteiger partial charge in [-0.15, -0.1) is 0 Å². The molecule has 0 atom stereocenters. The molecule has 0 bridgehead atoms. The smallest absolute Gasteiger partial charge is 0.217 e. The van der Waals surface area contributed by atoms with Gasteiger partial charge in [-0.05, 0) is 32.1 Å². The highest BCUT2D eigenvalue weighted by molar-refractivity contribution is 7.80. The average molecular weight is 326 g/mol. The lowest BCUT2D eigenvalue weighted by Gasteiger charge is -2.38. The summed E-state index contributed by atoms with van der Waals surface area (Å²) in [6, 6.07) is 0. The van der Waals surface area contributed by atoms with Crippen LogP contribution in [0.25, 0.3) is 0 Å². The van der Waals surface area contributed by atoms with Crippen LogP contribution in [0.4, 0.5) is 0 Å². The maximum absolute atomic E-state index is 9.61. The van der Waals surface area contributed by atoms with Gasteiger partial charge in [-0.3, -0.25) is 4.18 Å². The molecular weight excluding hydrogens is 290 g/mol. The lowest BCUT2D eigenvalue weighted by molar-refractivity contribution is -0.928. The molecule has 6 heteroatoms. The zero-order chi connectivity index (χ0) is 16.8. The summed E-state index contributed by atoms with van der Waals surface area (Å²) in [5.74, 6) is 0. The van der Waals surface area contributed by atoms with Crippen molar-refractivity contribution in [2.45, 2.75) is 66.7 Å². The van der Waals surface area contributed by atoms with Crippen LogP contribution in [0.2, 0.25) is 0 Å². The summed E-state index contributed by atoms with van der Waals surface area (Å²) in [6.45, 7) is 16.5. The van der Waals surface area contributed by atoms with E-state index in [4.69, 9.17) is 0 Å². The van der Waals surface area contributed by atoms with Gasteiger partial charge < -0.3 is 9.04 Å². The summed E-state index contributed by atoms with van der Waals surface area (Å²) in [4.78, 5) is 0. The molecule has 0 rings (SSSR count). The van der Waals surface area contributed by atoms with Crippen LogP contribution in [0.3, 0.4) is 0 Å². The standard InChI is InChI=1S/C12H28N.C3H8O4S/c1-5-9-13(10-6-2,11-7-3)12-8-4;1-2-3-7-8(4,5)6/h5-12H2,1-4H3;2-3H2,1H3,(H,4,5,6)/q+1;/p-1. The van der Waals surface area contributed by atoms with E-state index in [1.54, 1.807) is 6.92 Å². The Morgan fingerprint density at radius 2 is 1.10 bits per heavy atom. The van der Waals surface area contributed by atoms with Crippen LogP contribution < -0.4 is 0 Å². The first kappa shape index (κ1) is 23.1. The lowest BCUT2D eigenvalue weighted by Crippen LogP contribution is -2.50. The Balaban J connectivity index is 0. The fraction of sp³-hybridized carbons (Fsp3) is 1.00. The second-order valence-electron chi connectivity index (χ2n) is 5.47. The average Bonchev–Trinajstić information content (AvgIpc) is 2.37. The second-order valence-corrected chi connectivity index (χ2v) is 6.52. The minimum atomic E-state index is -4.44. The fourth-order valence-corrected chi connectivity index (χ4v) is 3.12. The second kappa shape index (κ2) is 13.5. The Bertz CT molecular complexity index is 288. The van der Waals surface area contributed by atoms with Crippen LogP contribution in [0.5, 0.6) is 0 Å². The van der Waals surface area contributed by atoms with E-state index >= 15 is 0 Å². The third-order valence-corrected chi connectivity index (χ3v) is 3.68. The summed E-state index contributed by atoms with van der Waals surface area (Å²) in [6.07, 6.45) is 5.86. The van der Waals surface area contributed by atoms with Gasteiger partial charge in [0.25, 0.3) is 0 Å². The highest BCUT2D eigenvalue weighted by Crippen LogP contribution is 2.12. The van der Waals surface area contributed by atoms with Gasteiger partial charge in [-0.1, -0.05) is 34.6 Å². The highest BCUT2D eigenvalue weighted by Gasteiger charge is 2.22.